The Hall–Kier alpha value is -1.02. The second-order valence-electron chi connectivity index (χ2n) is 4.02. The summed E-state index contributed by atoms with van der Waals surface area (Å²) < 4.78 is 40.8. The highest BCUT2D eigenvalue weighted by molar-refractivity contribution is 9.10. The third-order valence-electron chi connectivity index (χ3n) is 2.49. The number of benzene rings is 2. The van der Waals surface area contributed by atoms with Crippen LogP contribution in [0.5, 0.6) is 0 Å². The molecule has 0 atom stereocenters. The molecule has 9 heteroatoms. The summed E-state index contributed by atoms with van der Waals surface area (Å²) in [6.45, 7) is 0. The van der Waals surface area contributed by atoms with E-state index in [4.69, 9.17) is 28.9 Å². The van der Waals surface area contributed by atoms with Crippen molar-refractivity contribution in [3.05, 3.63) is 50.7 Å². The molecule has 0 aliphatic heterocycles. The van der Waals surface area contributed by atoms with Gasteiger partial charge in [-0.2, -0.15) is 0 Å². The van der Waals surface area contributed by atoms with Crippen molar-refractivity contribution in [2.24, 2.45) is 0 Å². The van der Waals surface area contributed by atoms with E-state index in [0.29, 0.717) is 0 Å². The zero-order chi connectivity index (χ0) is 15.8. The quantitative estimate of drug-likeness (QED) is 0.737. The van der Waals surface area contributed by atoms with E-state index in [9.17, 15) is 12.8 Å². The third kappa shape index (κ3) is 3.42. The molecule has 0 spiro atoms. The Morgan fingerprint density at radius 2 is 1.76 bits per heavy atom. The van der Waals surface area contributed by atoms with Crippen LogP contribution in [-0.4, -0.2) is 8.42 Å². The highest BCUT2D eigenvalue weighted by atomic mass is 79.9. The predicted octanol–water partition coefficient (Wildman–Crippen LogP) is 4.28. The lowest BCUT2D eigenvalue weighted by Gasteiger charge is -2.13. The average molecular weight is 414 g/mol. The van der Waals surface area contributed by atoms with E-state index in [1.807, 2.05) is 0 Å². The van der Waals surface area contributed by atoms with Gasteiger partial charge in [-0.25, -0.2) is 12.8 Å². The van der Waals surface area contributed by atoms with E-state index in [1.54, 1.807) is 0 Å². The summed E-state index contributed by atoms with van der Waals surface area (Å²) in [4.78, 5) is -0.366. The first-order valence-electron chi connectivity index (χ1n) is 5.43. The van der Waals surface area contributed by atoms with Crippen LogP contribution in [0.25, 0.3) is 0 Å². The molecule has 112 valence electrons. The molecule has 2 aromatic rings. The van der Waals surface area contributed by atoms with E-state index >= 15 is 0 Å². The van der Waals surface area contributed by atoms with Crippen LogP contribution >= 0.6 is 39.1 Å². The fourth-order valence-electron chi connectivity index (χ4n) is 1.62. The van der Waals surface area contributed by atoms with E-state index in [-0.39, 0.29) is 30.8 Å². The van der Waals surface area contributed by atoms with Crippen molar-refractivity contribution >= 4 is 60.5 Å². The highest BCUT2D eigenvalue weighted by Crippen LogP contribution is 2.34. The van der Waals surface area contributed by atoms with E-state index in [0.717, 1.165) is 6.07 Å². The molecule has 0 saturated carbocycles. The first-order chi connectivity index (χ1) is 9.72. The van der Waals surface area contributed by atoms with Gasteiger partial charge < -0.3 is 5.73 Å². The van der Waals surface area contributed by atoms with Crippen molar-refractivity contribution in [2.45, 2.75) is 4.90 Å². The molecule has 0 aromatic heterocycles. The number of sulfonamides is 1. The van der Waals surface area contributed by atoms with Crippen molar-refractivity contribution in [2.75, 3.05) is 10.5 Å². The van der Waals surface area contributed by atoms with Crippen molar-refractivity contribution in [1.29, 1.82) is 0 Å². The Balaban J connectivity index is 2.54. The Bertz CT molecular complexity index is 772. The molecule has 0 radical (unpaired) electrons. The molecule has 0 amide bonds. The first kappa shape index (κ1) is 16.4. The lowest BCUT2D eigenvalue weighted by molar-refractivity contribution is 0.598. The number of nitrogen functional groups attached to an aromatic ring is 1. The summed E-state index contributed by atoms with van der Waals surface area (Å²) in [6, 6.07) is 6.54. The fraction of sp³-hybridized carbons (Fsp3) is 0. The molecule has 0 bridgehead atoms. The summed E-state index contributed by atoms with van der Waals surface area (Å²) >= 11 is 14.8. The maximum Gasteiger partial charge on any atom is 0.265 e. The Labute approximate surface area is 139 Å². The molecule has 0 fully saturated rings. The largest absolute Gasteiger partial charge is 0.399 e. The van der Waals surface area contributed by atoms with Crippen LogP contribution in [-0.2, 0) is 10.0 Å². The predicted molar refractivity (Wildman–Crippen MR) is 85.8 cm³/mol. The van der Waals surface area contributed by atoms with E-state index < -0.39 is 15.8 Å². The summed E-state index contributed by atoms with van der Waals surface area (Å²) in [5.41, 5.74) is 5.50. The minimum Gasteiger partial charge on any atom is -0.399 e. The number of halogens is 4. The molecule has 0 aliphatic carbocycles. The van der Waals surface area contributed by atoms with E-state index in [2.05, 4.69) is 20.7 Å². The van der Waals surface area contributed by atoms with Gasteiger partial charge in [0.25, 0.3) is 10.0 Å². The summed E-state index contributed by atoms with van der Waals surface area (Å²) in [5.74, 6) is -0.740. The molecule has 0 heterocycles. The summed E-state index contributed by atoms with van der Waals surface area (Å²) in [5, 5.41) is -0.306. The molecule has 2 aromatic carbocycles. The monoisotopic (exact) mass is 412 g/mol. The molecule has 0 saturated heterocycles. The van der Waals surface area contributed by atoms with Crippen LogP contribution in [0.1, 0.15) is 0 Å². The van der Waals surface area contributed by atoms with Crippen molar-refractivity contribution in [1.82, 2.24) is 0 Å². The second kappa shape index (κ2) is 6.00. The van der Waals surface area contributed by atoms with Crippen molar-refractivity contribution in [3.8, 4) is 0 Å². The Morgan fingerprint density at radius 3 is 2.29 bits per heavy atom. The van der Waals surface area contributed by atoms with Gasteiger partial charge in [-0.05, 0) is 40.2 Å². The van der Waals surface area contributed by atoms with Gasteiger partial charge in [0.05, 0.1) is 15.7 Å². The molecular weight excluding hydrogens is 406 g/mol. The molecule has 3 N–H and O–H groups in total. The number of anilines is 2. The van der Waals surface area contributed by atoms with Crippen LogP contribution in [0.2, 0.25) is 10.0 Å². The maximum absolute atomic E-state index is 13.7. The SMILES string of the molecule is Nc1cc(Cl)c(S(=O)(=O)Nc2c(F)cccc2Br)c(Cl)c1. The molecule has 4 nitrogen and oxygen atoms in total. The zero-order valence-corrected chi connectivity index (χ0v) is 14.1. The lowest BCUT2D eigenvalue weighted by atomic mass is 10.3. The minimum atomic E-state index is -4.18. The second-order valence-corrected chi connectivity index (χ2v) is 7.30. The van der Waals surface area contributed by atoms with E-state index in [1.165, 1.54) is 24.3 Å². The number of hydrogen-bond donors (Lipinski definition) is 2. The number of para-hydroxylation sites is 1. The number of nitrogens with one attached hydrogen (secondary N) is 1. The summed E-state index contributed by atoms with van der Waals surface area (Å²) in [7, 11) is -4.18. The average Bonchev–Trinajstić information content (AvgIpc) is 2.32. The standard InChI is InChI=1S/C12H8BrCl2FN2O2S/c13-7-2-1-3-10(16)11(7)18-21(19,20)12-8(14)4-6(17)5-9(12)15/h1-5,18H,17H2. The molecule has 21 heavy (non-hydrogen) atoms. The van der Waals surface area contributed by atoms with Gasteiger partial charge in [-0.15, -0.1) is 0 Å². The third-order valence-corrected chi connectivity index (χ3v) is 5.42. The normalized spacial score (nSPS) is 11.4. The first-order valence-corrected chi connectivity index (χ1v) is 8.47. The van der Waals surface area contributed by atoms with Crippen LogP contribution in [0, 0.1) is 5.82 Å². The van der Waals surface area contributed by atoms with Gasteiger partial charge >= 0.3 is 0 Å². The van der Waals surface area contributed by atoms with Crippen molar-refractivity contribution < 1.29 is 12.8 Å². The van der Waals surface area contributed by atoms with Gasteiger partial charge in [0.2, 0.25) is 0 Å². The van der Waals surface area contributed by atoms with Crippen molar-refractivity contribution in [3.63, 3.8) is 0 Å². The van der Waals surface area contributed by atoms with Gasteiger partial charge in [0.15, 0.2) is 0 Å². The maximum atomic E-state index is 13.7. The number of nitrogens with two attached hydrogens (primary N) is 1. The van der Waals surface area contributed by atoms with Gasteiger partial charge in [0.1, 0.15) is 10.7 Å². The number of hydrogen-bond acceptors (Lipinski definition) is 3. The lowest BCUT2D eigenvalue weighted by Crippen LogP contribution is -2.15. The molecule has 2 rings (SSSR count). The zero-order valence-electron chi connectivity index (χ0n) is 10.2. The Kier molecular flexibility index (Phi) is 4.67. The van der Waals surface area contributed by atoms with Crippen LogP contribution in [0.3, 0.4) is 0 Å². The van der Waals surface area contributed by atoms with Gasteiger partial charge in [0, 0.05) is 10.2 Å². The smallest absolute Gasteiger partial charge is 0.265 e. The highest BCUT2D eigenvalue weighted by Gasteiger charge is 2.24. The molecule has 0 aliphatic rings. The number of rotatable bonds is 3. The molecular formula is C12H8BrCl2FN2O2S. The van der Waals surface area contributed by atoms with Crippen LogP contribution < -0.4 is 10.5 Å². The van der Waals surface area contributed by atoms with Crippen LogP contribution in [0.15, 0.2) is 39.7 Å². The van der Waals surface area contributed by atoms with Crippen LogP contribution in [0.4, 0.5) is 15.8 Å². The fourth-order valence-corrected chi connectivity index (χ4v) is 4.51. The summed E-state index contributed by atoms with van der Waals surface area (Å²) in [6.07, 6.45) is 0. The molecule has 0 unspecified atom stereocenters. The minimum absolute atomic E-state index is 0.153. The van der Waals surface area contributed by atoms with Gasteiger partial charge in [-0.1, -0.05) is 29.3 Å². The van der Waals surface area contributed by atoms with Gasteiger partial charge in [-0.3, -0.25) is 4.72 Å². The Morgan fingerprint density at radius 1 is 1.19 bits per heavy atom. The topological polar surface area (TPSA) is 72.2 Å².